The summed E-state index contributed by atoms with van der Waals surface area (Å²) in [7, 11) is 0. The molecule has 0 fully saturated rings. The highest BCUT2D eigenvalue weighted by Gasteiger charge is 2.43. The summed E-state index contributed by atoms with van der Waals surface area (Å²) >= 11 is 0. The second-order valence-corrected chi connectivity index (χ2v) is 20.1. The van der Waals surface area contributed by atoms with Crippen LogP contribution in [0.3, 0.4) is 0 Å². The van der Waals surface area contributed by atoms with Gasteiger partial charge in [0.05, 0.1) is 28.3 Å². The molecular formula is C54H47N5. The summed E-state index contributed by atoms with van der Waals surface area (Å²) < 4.78 is 0. The van der Waals surface area contributed by atoms with Crippen molar-refractivity contribution in [1.29, 1.82) is 0 Å². The minimum Gasteiger partial charge on any atom is -0.355 e. The zero-order valence-corrected chi connectivity index (χ0v) is 33.3. The van der Waals surface area contributed by atoms with E-state index in [1.165, 1.54) is 164 Å². The van der Waals surface area contributed by atoms with Crippen LogP contribution in [0.5, 0.6) is 0 Å². The third-order valence-corrected chi connectivity index (χ3v) is 17.4. The van der Waals surface area contributed by atoms with Crippen LogP contribution in [-0.2, 0) is 0 Å². The fourth-order valence-corrected chi connectivity index (χ4v) is 15.0. The van der Waals surface area contributed by atoms with Gasteiger partial charge in [-0.3, -0.25) is 0 Å². The summed E-state index contributed by atoms with van der Waals surface area (Å²) in [5, 5.41) is 0. The van der Waals surface area contributed by atoms with E-state index < -0.39 is 0 Å². The number of nitrogens with zero attached hydrogens (tertiary/aromatic N) is 2. The van der Waals surface area contributed by atoms with E-state index in [1.54, 1.807) is 0 Å². The monoisotopic (exact) mass is 765 g/mol. The van der Waals surface area contributed by atoms with Gasteiger partial charge in [0.2, 0.25) is 0 Å². The smallest absolute Gasteiger partial charge is 0.0916 e. The molecular weight excluding hydrogens is 719 g/mol. The molecule has 10 unspecified atom stereocenters. The van der Waals surface area contributed by atoms with Crippen LogP contribution in [-0.4, -0.2) is 24.9 Å². The number of hydrogen-bond acceptors (Lipinski definition) is 2. The topological polar surface area (TPSA) is 73.2 Å². The van der Waals surface area contributed by atoms with Crippen LogP contribution in [0.2, 0.25) is 0 Å². The quantitative estimate of drug-likeness (QED) is 0.156. The number of rotatable bonds is 0. The molecule has 0 radical (unpaired) electrons. The van der Waals surface area contributed by atoms with Gasteiger partial charge in [-0.05, 0) is 144 Å². The molecule has 5 nitrogen and oxygen atoms in total. The predicted octanol–water partition coefficient (Wildman–Crippen LogP) is 13.0. The van der Waals surface area contributed by atoms with Gasteiger partial charge in [0.15, 0.2) is 0 Å². The lowest BCUT2D eigenvalue weighted by atomic mass is 9.69. The fraction of sp³-hybridized carbons (Fsp3) is 0.370. The highest BCUT2D eigenvalue weighted by Crippen LogP contribution is 2.58. The molecule has 10 atom stereocenters. The summed E-state index contributed by atoms with van der Waals surface area (Å²) in [6.45, 7) is 0. The van der Waals surface area contributed by atoms with Gasteiger partial charge in [0.25, 0.3) is 0 Å². The van der Waals surface area contributed by atoms with Crippen molar-refractivity contribution < 1.29 is 0 Å². The number of H-pyrrole nitrogens is 3. The number of hydrogen-bond donors (Lipinski definition) is 3. The number of allylic oxidation sites excluding steroid dienone is 14. The lowest BCUT2D eigenvalue weighted by molar-refractivity contribution is 0.556. The van der Waals surface area contributed by atoms with E-state index in [1.807, 2.05) is 0 Å². The van der Waals surface area contributed by atoms with E-state index in [0.29, 0.717) is 59.2 Å². The first-order valence-corrected chi connectivity index (χ1v) is 23.2. The SMILES string of the molecule is C1=CC2CCC1C1=C2c2cc3[nH]c(cc4[nH]c(cc5[nH]c(c6nc(cc1n2)C1=C6C2C=CC1CC2)c1c5C2C=CC1CC2)c1c4C2C=CC1CC2)c1c3C2C=CC1CC2. The zero-order valence-electron chi connectivity index (χ0n) is 33.3. The molecule has 15 aliphatic carbocycles. The molecule has 4 aromatic rings. The Kier molecular flexibility index (Phi) is 5.79. The van der Waals surface area contributed by atoms with E-state index in [-0.39, 0.29) is 0 Å². The van der Waals surface area contributed by atoms with Crippen LogP contribution >= 0.6 is 0 Å². The molecule has 0 spiro atoms. The van der Waals surface area contributed by atoms with Crippen molar-refractivity contribution in [2.75, 3.05) is 0 Å². The molecule has 59 heavy (non-hydrogen) atoms. The zero-order chi connectivity index (χ0) is 37.8. The maximum absolute atomic E-state index is 5.83. The maximum Gasteiger partial charge on any atom is 0.0916 e. The second-order valence-electron chi connectivity index (χ2n) is 20.1. The van der Waals surface area contributed by atoms with Crippen molar-refractivity contribution in [3.63, 3.8) is 0 Å². The Hall–Kier alpha value is -5.42. The normalized spacial score (nSPS) is 33.6. The van der Waals surface area contributed by atoms with Crippen LogP contribution in [0.25, 0.3) is 55.4 Å². The van der Waals surface area contributed by atoms with Gasteiger partial charge in [-0.2, -0.15) is 0 Å². The molecule has 6 heterocycles. The van der Waals surface area contributed by atoms with Crippen molar-refractivity contribution in [1.82, 2.24) is 24.9 Å². The predicted molar refractivity (Wildman–Crippen MR) is 238 cm³/mol. The van der Waals surface area contributed by atoms with Crippen LogP contribution in [0.15, 0.2) is 85.0 Å². The van der Waals surface area contributed by atoms with E-state index in [2.05, 4.69) is 100.0 Å². The Morgan fingerprint density at radius 1 is 0.305 bits per heavy atom. The summed E-state index contributed by atoms with van der Waals surface area (Å²) in [4.78, 5) is 24.0. The van der Waals surface area contributed by atoms with E-state index in [9.17, 15) is 0 Å². The van der Waals surface area contributed by atoms with Crippen LogP contribution in [0.1, 0.15) is 156 Å². The first-order valence-electron chi connectivity index (χ1n) is 23.2. The summed E-state index contributed by atoms with van der Waals surface area (Å²) in [5.41, 5.74) is 27.5. The molecule has 3 N–H and O–H groups in total. The average Bonchev–Trinajstić information content (AvgIpc) is 4.14. The minimum absolute atomic E-state index is 0.414. The summed E-state index contributed by atoms with van der Waals surface area (Å²) in [6, 6.07) is 9.96. The van der Waals surface area contributed by atoms with E-state index >= 15 is 0 Å². The van der Waals surface area contributed by atoms with Crippen molar-refractivity contribution in [2.24, 2.45) is 23.7 Å². The largest absolute Gasteiger partial charge is 0.355 e. The Balaban J connectivity index is 1.09. The summed E-state index contributed by atoms with van der Waals surface area (Å²) in [6.07, 6.45) is 37.3. The molecule has 0 aromatic carbocycles. The van der Waals surface area contributed by atoms with Gasteiger partial charge in [-0.1, -0.05) is 60.8 Å². The highest BCUT2D eigenvalue weighted by molar-refractivity contribution is 6.04. The third kappa shape index (κ3) is 3.95. The first kappa shape index (κ1) is 31.5. The number of aromatic nitrogens is 5. The fourth-order valence-electron chi connectivity index (χ4n) is 15.0. The molecule has 2 aliphatic heterocycles. The van der Waals surface area contributed by atoms with Crippen molar-refractivity contribution in [3.8, 4) is 0 Å². The molecule has 20 bridgehead atoms. The molecule has 4 aromatic heterocycles. The Morgan fingerprint density at radius 3 is 1.08 bits per heavy atom. The van der Waals surface area contributed by atoms with E-state index in [4.69, 9.17) is 9.97 Å². The molecule has 0 saturated heterocycles. The molecule has 21 rings (SSSR count). The first-order chi connectivity index (χ1) is 29.2. The lowest BCUT2D eigenvalue weighted by Gasteiger charge is -2.34. The molecule has 5 heteroatoms. The van der Waals surface area contributed by atoms with Gasteiger partial charge in [0, 0.05) is 86.8 Å². The van der Waals surface area contributed by atoms with Crippen molar-refractivity contribution in [2.45, 2.75) is 99.7 Å². The molecule has 0 amide bonds. The summed E-state index contributed by atoms with van der Waals surface area (Å²) in [5.74, 6) is 4.36. The van der Waals surface area contributed by atoms with Gasteiger partial charge in [-0.25, -0.2) is 9.97 Å². The van der Waals surface area contributed by atoms with E-state index in [0.717, 1.165) is 11.4 Å². The standard InChI is InChI=1S/C54H47N5/c1-2-26-4-3-25(1)43-35-21-37-45-27-5-9-29(10-6-27)47(45)39(56-37)23-41-49-31-13-17-33(18-14-31)51(49)53(58-41)54-52-34-19-15-32(16-20-34)50(52)42(59-54)24-40-48-30-11-7-28(8-12-30)46(48)38(57-40)22-36(55-35)44(26)43/h1-2,5,7,9,11,13,15,17,19,21-34,55-56,58H,3-4,6,8,10,12,14,16,18,20H2. The molecule has 0 saturated carbocycles. The lowest BCUT2D eigenvalue weighted by Crippen LogP contribution is -2.19. The molecule has 17 aliphatic rings. The third-order valence-electron chi connectivity index (χ3n) is 17.4. The molecule has 288 valence electrons. The maximum atomic E-state index is 5.83. The Bertz CT molecular complexity index is 3140. The van der Waals surface area contributed by atoms with Crippen LogP contribution < -0.4 is 0 Å². The Morgan fingerprint density at radius 2 is 0.627 bits per heavy atom. The Labute approximate surface area is 343 Å². The number of aromatic amines is 3. The van der Waals surface area contributed by atoms with Gasteiger partial charge in [-0.15, -0.1) is 0 Å². The van der Waals surface area contributed by atoms with Gasteiger partial charge < -0.3 is 15.0 Å². The number of nitrogens with one attached hydrogen (secondary N) is 3. The second kappa shape index (κ2) is 10.8. The van der Waals surface area contributed by atoms with Gasteiger partial charge >= 0.3 is 0 Å². The average molecular weight is 766 g/mol. The van der Waals surface area contributed by atoms with Crippen LogP contribution in [0, 0.1) is 23.7 Å². The van der Waals surface area contributed by atoms with Crippen LogP contribution in [0.4, 0.5) is 0 Å². The highest BCUT2D eigenvalue weighted by atomic mass is 14.8. The minimum atomic E-state index is 0.414. The van der Waals surface area contributed by atoms with Crippen molar-refractivity contribution >= 4 is 55.4 Å². The van der Waals surface area contributed by atoms with Crippen molar-refractivity contribution in [3.05, 3.63) is 141 Å². The van der Waals surface area contributed by atoms with Gasteiger partial charge in [0.1, 0.15) is 0 Å². The number of fused-ring (bicyclic) bond motifs is 16.